The Morgan fingerprint density at radius 2 is 1.91 bits per heavy atom. The third-order valence-electron chi connectivity index (χ3n) is 2.57. The molecule has 1 saturated heterocycles. The van der Waals surface area contributed by atoms with E-state index < -0.39 is 24.4 Å². The summed E-state index contributed by atoms with van der Waals surface area (Å²) in [6.07, 6.45) is -0.532. The van der Waals surface area contributed by atoms with Crippen molar-refractivity contribution in [2.24, 2.45) is 5.73 Å². The molecule has 1 aliphatic heterocycles. The number of anilines is 1. The summed E-state index contributed by atoms with van der Waals surface area (Å²) in [6, 6.07) is 8.32. The van der Waals surface area contributed by atoms with Crippen molar-refractivity contribution in [2.75, 3.05) is 11.4 Å². The number of nitrogens with zero attached hydrogens (tertiary/aromatic N) is 1. The second-order valence-electron chi connectivity index (χ2n) is 4.32. The number of rotatable bonds is 4. The summed E-state index contributed by atoms with van der Waals surface area (Å²) in [7, 11) is 0. The predicted octanol–water partition coefficient (Wildman–Crippen LogP) is -0.219. The molecular formula is C13H15N3O5S. The lowest BCUT2D eigenvalue weighted by atomic mass is 10.2. The van der Waals surface area contributed by atoms with Crippen LogP contribution in [-0.2, 0) is 14.4 Å². The van der Waals surface area contributed by atoms with E-state index in [1.807, 2.05) is 30.3 Å². The maximum atomic E-state index is 11.0. The van der Waals surface area contributed by atoms with Crippen molar-refractivity contribution >= 4 is 40.9 Å². The summed E-state index contributed by atoms with van der Waals surface area (Å²) in [6.45, 7) is 0.322. The molecule has 0 aliphatic carbocycles. The Morgan fingerprint density at radius 3 is 2.27 bits per heavy atom. The first kappa shape index (κ1) is 17.5. The van der Waals surface area contributed by atoms with Gasteiger partial charge in [0.05, 0.1) is 6.42 Å². The molecule has 1 unspecified atom stereocenters. The fourth-order valence-corrected chi connectivity index (χ4v) is 1.82. The molecule has 22 heavy (non-hydrogen) atoms. The highest BCUT2D eigenvalue weighted by molar-refractivity contribution is 7.80. The normalized spacial score (nSPS) is 14.7. The third kappa shape index (κ3) is 5.46. The van der Waals surface area contributed by atoms with Gasteiger partial charge in [-0.05, 0) is 24.4 Å². The Bertz CT molecular complexity index is 578. The van der Waals surface area contributed by atoms with Crippen molar-refractivity contribution in [3.8, 4) is 0 Å². The second-order valence-corrected chi connectivity index (χ2v) is 4.70. The third-order valence-corrected chi connectivity index (χ3v) is 2.90. The molecule has 1 atom stereocenters. The smallest absolute Gasteiger partial charge is 0.321 e. The van der Waals surface area contributed by atoms with E-state index in [0.717, 1.165) is 5.69 Å². The summed E-state index contributed by atoms with van der Waals surface area (Å²) in [4.78, 5) is 32.4. The number of para-hydroxylation sites is 1. The summed E-state index contributed by atoms with van der Waals surface area (Å²) in [5.41, 5.74) is 5.79. The highest BCUT2D eigenvalue weighted by atomic mass is 32.1. The van der Waals surface area contributed by atoms with Crippen LogP contribution >= 0.6 is 12.2 Å². The van der Waals surface area contributed by atoms with E-state index in [-0.39, 0.29) is 5.91 Å². The molecule has 0 aromatic heterocycles. The Hall–Kier alpha value is -2.52. The van der Waals surface area contributed by atoms with Gasteiger partial charge in [0.15, 0.2) is 5.11 Å². The topological polar surface area (TPSA) is 133 Å². The van der Waals surface area contributed by atoms with Gasteiger partial charge in [-0.3, -0.25) is 14.4 Å². The quantitative estimate of drug-likeness (QED) is 0.558. The lowest BCUT2D eigenvalue weighted by molar-refractivity contribution is -0.144. The van der Waals surface area contributed by atoms with Crippen LogP contribution in [0.15, 0.2) is 30.3 Å². The number of thiocarbonyl (C=S) groups is 1. The number of carboxylic acid groups (broad SMARTS) is 2. The molecule has 8 nitrogen and oxygen atoms in total. The fraction of sp³-hybridized carbons (Fsp3) is 0.231. The average Bonchev–Trinajstić information content (AvgIpc) is 2.78. The van der Waals surface area contributed by atoms with Gasteiger partial charge in [-0.2, -0.15) is 0 Å². The van der Waals surface area contributed by atoms with E-state index in [4.69, 9.17) is 28.2 Å². The SMILES string of the molecule is NC(CC(=O)O)C(=O)O.O=C1CN(c2ccccc2)C(=S)N1. The molecule has 5 N–H and O–H groups in total. The van der Waals surface area contributed by atoms with Gasteiger partial charge in [0.1, 0.15) is 12.6 Å². The summed E-state index contributed by atoms with van der Waals surface area (Å²) in [5, 5.41) is 19.1. The number of carbonyl (C=O) groups excluding carboxylic acids is 1. The Labute approximate surface area is 131 Å². The van der Waals surface area contributed by atoms with Crippen molar-refractivity contribution in [3.05, 3.63) is 30.3 Å². The molecular weight excluding hydrogens is 310 g/mol. The molecule has 0 spiro atoms. The number of nitrogens with one attached hydrogen (secondary N) is 1. The van der Waals surface area contributed by atoms with Crippen LogP contribution in [0.2, 0.25) is 0 Å². The molecule has 1 heterocycles. The van der Waals surface area contributed by atoms with Crippen LogP contribution in [0.4, 0.5) is 5.69 Å². The summed E-state index contributed by atoms with van der Waals surface area (Å²) in [5.74, 6) is -2.55. The first-order valence-electron chi connectivity index (χ1n) is 6.18. The zero-order valence-electron chi connectivity index (χ0n) is 11.4. The molecule has 1 aliphatic rings. The van der Waals surface area contributed by atoms with E-state index >= 15 is 0 Å². The molecule has 2 rings (SSSR count). The van der Waals surface area contributed by atoms with Gasteiger partial charge in [0, 0.05) is 5.69 Å². The molecule has 0 radical (unpaired) electrons. The van der Waals surface area contributed by atoms with E-state index in [1.165, 1.54) is 0 Å². The van der Waals surface area contributed by atoms with Gasteiger partial charge in [-0.15, -0.1) is 0 Å². The van der Waals surface area contributed by atoms with E-state index in [0.29, 0.717) is 11.7 Å². The Balaban J connectivity index is 0.000000239. The van der Waals surface area contributed by atoms with Crippen LogP contribution in [-0.4, -0.2) is 45.8 Å². The number of carboxylic acids is 2. The maximum Gasteiger partial charge on any atom is 0.321 e. The van der Waals surface area contributed by atoms with Crippen LogP contribution < -0.4 is 16.0 Å². The molecule has 0 saturated carbocycles. The summed E-state index contributed by atoms with van der Waals surface area (Å²) >= 11 is 4.99. The summed E-state index contributed by atoms with van der Waals surface area (Å²) < 4.78 is 0. The minimum absolute atomic E-state index is 0.0474. The van der Waals surface area contributed by atoms with Gasteiger partial charge in [-0.25, -0.2) is 0 Å². The van der Waals surface area contributed by atoms with Crippen LogP contribution in [0.5, 0.6) is 0 Å². The number of nitrogens with two attached hydrogens (primary N) is 1. The molecule has 1 aromatic rings. The lowest BCUT2D eigenvalue weighted by Gasteiger charge is -2.14. The molecule has 9 heteroatoms. The van der Waals surface area contributed by atoms with Crippen molar-refractivity contribution in [1.82, 2.24) is 5.32 Å². The number of benzene rings is 1. The maximum absolute atomic E-state index is 11.0. The average molecular weight is 325 g/mol. The highest BCUT2D eigenvalue weighted by Gasteiger charge is 2.23. The molecule has 1 fully saturated rings. The number of carbonyl (C=O) groups is 3. The molecule has 1 aromatic carbocycles. The monoisotopic (exact) mass is 325 g/mol. The van der Waals surface area contributed by atoms with Crippen LogP contribution in [0.25, 0.3) is 0 Å². The largest absolute Gasteiger partial charge is 0.481 e. The molecule has 1 amide bonds. The zero-order chi connectivity index (χ0) is 16.7. The number of amides is 1. The minimum Gasteiger partial charge on any atom is -0.481 e. The van der Waals surface area contributed by atoms with E-state index in [1.54, 1.807) is 4.90 Å². The first-order valence-corrected chi connectivity index (χ1v) is 6.58. The molecule has 0 bridgehead atoms. The second kappa shape index (κ2) is 8.05. The predicted molar refractivity (Wildman–Crippen MR) is 82.4 cm³/mol. The van der Waals surface area contributed by atoms with Crippen molar-refractivity contribution in [1.29, 1.82) is 0 Å². The zero-order valence-corrected chi connectivity index (χ0v) is 12.2. The van der Waals surface area contributed by atoms with E-state index in [2.05, 4.69) is 5.32 Å². The molecule has 118 valence electrons. The Kier molecular flexibility index (Phi) is 6.42. The number of hydrogen-bond donors (Lipinski definition) is 4. The van der Waals surface area contributed by atoms with Crippen molar-refractivity contribution in [3.63, 3.8) is 0 Å². The first-order chi connectivity index (χ1) is 10.3. The lowest BCUT2D eigenvalue weighted by Crippen LogP contribution is -2.32. The fourth-order valence-electron chi connectivity index (χ4n) is 1.53. The van der Waals surface area contributed by atoms with Crippen molar-refractivity contribution in [2.45, 2.75) is 12.5 Å². The van der Waals surface area contributed by atoms with Crippen LogP contribution in [0.1, 0.15) is 6.42 Å². The van der Waals surface area contributed by atoms with Gasteiger partial charge in [-0.1, -0.05) is 18.2 Å². The number of aliphatic carboxylic acids is 2. The van der Waals surface area contributed by atoms with Gasteiger partial charge < -0.3 is 26.2 Å². The van der Waals surface area contributed by atoms with Crippen molar-refractivity contribution < 1.29 is 24.6 Å². The van der Waals surface area contributed by atoms with E-state index in [9.17, 15) is 14.4 Å². The van der Waals surface area contributed by atoms with Crippen LogP contribution in [0, 0.1) is 0 Å². The van der Waals surface area contributed by atoms with Gasteiger partial charge >= 0.3 is 11.9 Å². The minimum atomic E-state index is -1.29. The van der Waals surface area contributed by atoms with Crippen LogP contribution in [0.3, 0.4) is 0 Å². The van der Waals surface area contributed by atoms with Gasteiger partial charge in [0.25, 0.3) is 0 Å². The van der Waals surface area contributed by atoms with Gasteiger partial charge in [0.2, 0.25) is 5.91 Å². The Morgan fingerprint density at radius 1 is 1.32 bits per heavy atom. The highest BCUT2D eigenvalue weighted by Crippen LogP contribution is 2.15. The standard InChI is InChI=1S/C9H8N2OS.C4H7NO4/c12-8-6-11(9(13)10-8)7-4-2-1-3-5-7;5-2(4(8)9)1-3(6)7/h1-5H,6H2,(H,10,12,13);2H,1,5H2,(H,6,7)(H,8,9). The number of hydrogen-bond acceptors (Lipinski definition) is 5.